The highest BCUT2D eigenvalue weighted by Crippen LogP contribution is 2.49. The SMILES string of the molecule is CCCC(N1/C(=C/C=C/C=C/C2=[N+](CCCCCC(=O)NCCN3C(=O)C=CC3=O)c3ccccc3C2(C)C)C(C)(C)c2ccccc21)S(=O)(=O)[O-]. The van der Waals surface area contributed by atoms with E-state index in [2.05, 4.69) is 61.9 Å². The number of nitrogens with one attached hydrogen (secondary N) is 1. The summed E-state index contributed by atoms with van der Waals surface area (Å²) in [6.45, 7) is 11.6. The second kappa shape index (κ2) is 16.0. The quantitative estimate of drug-likeness (QED) is 0.0725. The molecular weight excluding hydrogens is 677 g/mol. The first-order valence-corrected chi connectivity index (χ1v) is 19.6. The van der Waals surface area contributed by atoms with Gasteiger partial charge in [0.15, 0.2) is 5.71 Å². The lowest BCUT2D eigenvalue weighted by Crippen LogP contribution is -2.41. The Morgan fingerprint density at radius 2 is 1.58 bits per heavy atom. The molecule has 1 atom stereocenters. The molecule has 0 saturated carbocycles. The molecule has 0 spiro atoms. The highest BCUT2D eigenvalue weighted by molar-refractivity contribution is 7.86. The summed E-state index contributed by atoms with van der Waals surface area (Å²) in [7, 11) is -4.61. The molecule has 52 heavy (non-hydrogen) atoms. The zero-order valence-electron chi connectivity index (χ0n) is 30.8. The minimum atomic E-state index is -4.61. The van der Waals surface area contributed by atoms with E-state index in [1.807, 2.05) is 61.6 Å². The zero-order valence-corrected chi connectivity index (χ0v) is 31.6. The van der Waals surface area contributed by atoms with Crippen LogP contribution in [0.15, 0.2) is 96.8 Å². The third-order valence-electron chi connectivity index (χ3n) is 10.3. The second-order valence-electron chi connectivity index (χ2n) is 14.5. The van der Waals surface area contributed by atoms with Crippen LogP contribution in [0.1, 0.15) is 84.3 Å². The molecule has 276 valence electrons. The molecule has 1 unspecified atom stereocenters. The van der Waals surface area contributed by atoms with Gasteiger partial charge in [-0.05, 0) is 50.8 Å². The van der Waals surface area contributed by atoms with Crippen LogP contribution in [0.25, 0.3) is 0 Å². The molecule has 0 aromatic heterocycles. The molecule has 0 saturated heterocycles. The standard InChI is InChI=1S/C41H50N4O6S/c1-6-17-39(52(49,50)51)45-33-21-15-13-19-31(33)41(4,5)35(45)23-10-7-9-22-34-40(2,3)30-18-12-14-20-32(30)43(34)28-16-8-11-24-36(46)42-27-29-44-37(47)25-26-38(44)48/h7,9-10,12-15,18-23,25-26,39H,6,8,11,16-17,24,27-29H2,1-5H3,(H-,42,46,49,50,51). The summed E-state index contributed by atoms with van der Waals surface area (Å²) >= 11 is 0. The highest BCUT2D eigenvalue weighted by Gasteiger charge is 2.45. The van der Waals surface area contributed by atoms with Crippen molar-refractivity contribution in [2.75, 3.05) is 24.5 Å². The van der Waals surface area contributed by atoms with E-state index in [-0.39, 0.29) is 42.6 Å². The van der Waals surface area contributed by atoms with Crippen LogP contribution < -0.4 is 10.2 Å². The summed E-state index contributed by atoms with van der Waals surface area (Å²) in [5.74, 6) is -0.804. The van der Waals surface area contributed by atoms with Crippen LogP contribution in [-0.4, -0.2) is 70.9 Å². The van der Waals surface area contributed by atoms with Crippen LogP contribution in [0.3, 0.4) is 0 Å². The Bertz CT molecular complexity index is 1950. The molecule has 5 rings (SSSR count). The summed E-state index contributed by atoms with van der Waals surface area (Å²) < 4.78 is 39.9. The van der Waals surface area contributed by atoms with Crippen molar-refractivity contribution in [1.82, 2.24) is 10.2 Å². The molecular formula is C41H50N4O6S. The van der Waals surface area contributed by atoms with Gasteiger partial charge in [0, 0.05) is 72.6 Å². The van der Waals surface area contributed by atoms with E-state index < -0.39 is 20.9 Å². The summed E-state index contributed by atoms with van der Waals surface area (Å²) in [5.41, 5.74) is 5.32. The summed E-state index contributed by atoms with van der Waals surface area (Å²) in [5, 5.41) is 1.61. The number of unbranched alkanes of at least 4 members (excludes halogenated alkanes) is 2. The lowest BCUT2D eigenvalue weighted by Gasteiger charge is -2.35. The van der Waals surface area contributed by atoms with Gasteiger partial charge in [0.2, 0.25) is 11.6 Å². The van der Waals surface area contributed by atoms with Gasteiger partial charge in [-0.1, -0.05) is 81.8 Å². The normalized spacial score (nSPS) is 19.1. The fourth-order valence-electron chi connectivity index (χ4n) is 7.55. The monoisotopic (exact) mass is 726 g/mol. The van der Waals surface area contributed by atoms with Crippen LogP contribution in [-0.2, 0) is 35.3 Å². The Hall–Kier alpha value is -4.61. The lowest BCUT2D eigenvalue weighted by atomic mass is 9.81. The van der Waals surface area contributed by atoms with Gasteiger partial charge < -0.3 is 14.8 Å². The zero-order chi connectivity index (χ0) is 37.7. The number of amides is 3. The average Bonchev–Trinajstić information content (AvgIpc) is 3.62. The minimum Gasteiger partial charge on any atom is -0.746 e. The molecule has 0 aliphatic carbocycles. The number of hydrogen-bond acceptors (Lipinski definition) is 7. The first kappa shape index (κ1) is 38.6. The van der Waals surface area contributed by atoms with E-state index in [1.165, 1.54) is 23.4 Å². The van der Waals surface area contributed by atoms with Gasteiger partial charge in [-0.3, -0.25) is 19.3 Å². The number of anilines is 1. The molecule has 0 bridgehead atoms. The predicted octanol–water partition coefficient (Wildman–Crippen LogP) is 6.13. The number of para-hydroxylation sites is 2. The Kier molecular flexibility index (Phi) is 11.9. The van der Waals surface area contributed by atoms with Crippen molar-refractivity contribution in [2.45, 2.75) is 89.3 Å². The van der Waals surface area contributed by atoms with E-state index in [9.17, 15) is 27.4 Å². The predicted molar refractivity (Wildman–Crippen MR) is 203 cm³/mol. The molecule has 3 aliphatic heterocycles. The van der Waals surface area contributed by atoms with Gasteiger partial charge in [-0.25, -0.2) is 8.42 Å². The Balaban J connectivity index is 1.27. The van der Waals surface area contributed by atoms with Crippen LogP contribution in [0.2, 0.25) is 0 Å². The fourth-order valence-corrected chi connectivity index (χ4v) is 8.56. The molecule has 3 heterocycles. The average molecular weight is 727 g/mol. The van der Waals surface area contributed by atoms with Crippen molar-refractivity contribution in [2.24, 2.45) is 0 Å². The third kappa shape index (κ3) is 8.05. The maximum atomic E-state index is 12.5. The maximum Gasteiger partial charge on any atom is 0.253 e. The molecule has 1 N–H and O–H groups in total. The van der Waals surface area contributed by atoms with Gasteiger partial charge in [0.05, 0.1) is 5.41 Å². The molecule has 10 nitrogen and oxygen atoms in total. The van der Waals surface area contributed by atoms with Gasteiger partial charge >= 0.3 is 0 Å². The van der Waals surface area contributed by atoms with Gasteiger partial charge in [0.1, 0.15) is 22.0 Å². The van der Waals surface area contributed by atoms with Gasteiger partial charge in [-0.15, -0.1) is 0 Å². The molecule has 3 amide bonds. The van der Waals surface area contributed by atoms with Crippen molar-refractivity contribution in [1.29, 1.82) is 0 Å². The fraction of sp³-hybridized carbons (Fsp3) is 0.415. The Labute approximate surface area is 308 Å². The van der Waals surface area contributed by atoms with Crippen LogP contribution in [0.4, 0.5) is 11.4 Å². The van der Waals surface area contributed by atoms with Gasteiger partial charge in [-0.2, -0.15) is 4.58 Å². The van der Waals surface area contributed by atoms with E-state index in [0.717, 1.165) is 53.4 Å². The molecule has 2 aromatic carbocycles. The molecule has 11 heteroatoms. The largest absolute Gasteiger partial charge is 0.746 e. The summed E-state index contributed by atoms with van der Waals surface area (Å²) in [4.78, 5) is 38.6. The van der Waals surface area contributed by atoms with E-state index in [0.29, 0.717) is 12.8 Å². The van der Waals surface area contributed by atoms with E-state index in [1.54, 1.807) is 4.90 Å². The van der Waals surface area contributed by atoms with E-state index in [4.69, 9.17) is 0 Å². The number of carbonyl (C=O) groups excluding carboxylic acids is 3. The number of carbonyl (C=O) groups is 3. The number of nitrogens with zero attached hydrogens (tertiary/aromatic N) is 3. The number of allylic oxidation sites excluding steroid dienone is 6. The molecule has 0 fully saturated rings. The van der Waals surface area contributed by atoms with Crippen LogP contribution in [0, 0.1) is 0 Å². The first-order chi connectivity index (χ1) is 24.7. The molecule has 2 aromatic rings. The van der Waals surface area contributed by atoms with Gasteiger partial charge in [0.25, 0.3) is 11.8 Å². The first-order valence-electron chi connectivity index (χ1n) is 18.1. The summed E-state index contributed by atoms with van der Waals surface area (Å²) in [6.07, 6.45) is 16.0. The summed E-state index contributed by atoms with van der Waals surface area (Å²) in [6, 6.07) is 16.1. The van der Waals surface area contributed by atoms with Crippen molar-refractivity contribution >= 4 is 44.9 Å². The Morgan fingerprint density at radius 3 is 2.27 bits per heavy atom. The number of rotatable bonds is 16. The third-order valence-corrected chi connectivity index (χ3v) is 11.4. The second-order valence-corrected chi connectivity index (χ2v) is 16.1. The lowest BCUT2D eigenvalue weighted by molar-refractivity contribution is -0.438. The van der Waals surface area contributed by atoms with Crippen molar-refractivity contribution in [3.05, 3.63) is 108 Å². The minimum absolute atomic E-state index is 0.0971. The topological polar surface area (TPSA) is 130 Å². The highest BCUT2D eigenvalue weighted by atomic mass is 32.2. The number of benzene rings is 2. The van der Waals surface area contributed by atoms with Crippen LogP contribution in [0.5, 0.6) is 0 Å². The van der Waals surface area contributed by atoms with Crippen molar-refractivity contribution in [3.8, 4) is 0 Å². The van der Waals surface area contributed by atoms with Crippen molar-refractivity contribution in [3.63, 3.8) is 0 Å². The number of imide groups is 1. The number of fused-ring (bicyclic) bond motifs is 2. The number of hydrogen-bond donors (Lipinski definition) is 1. The molecule has 0 radical (unpaired) electrons. The van der Waals surface area contributed by atoms with Crippen molar-refractivity contribution < 1.29 is 31.9 Å². The molecule has 3 aliphatic rings. The van der Waals surface area contributed by atoms with E-state index >= 15 is 0 Å². The smallest absolute Gasteiger partial charge is 0.253 e. The maximum absolute atomic E-state index is 12.5. The van der Waals surface area contributed by atoms with Crippen LogP contribution >= 0.6 is 0 Å². The Morgan fingerprint density at radius 1 is 0.904 bits per heavy atom.